The van der Waals surface area contributed by atoms with Crippen molar-refractivity contribution in [1.29, 1.82) is 0 Å². The van der Waals surface area contributed by atoms with Gasteiger partial charge in [0.15, 0.2) is 0 Å². The van der Waals surface area contributed by atoms with E-state index in [1.807, 2.05) is 13.8 Å². The minimum Gasteiger partial charge on any atom is -0.468 e. The summed E-state index contributed by atoms with van der Waals surface area (Å²) in [5, 5.41) is 0. The molecule has 0 aromatic rings. The highest BCUT2D eigenvalue weighted by Gasteiger charge is 2.25. The number of esters is 1. The molecule has 18 heavy (non-hydrogen) atoms. The maximum Gasteiger partial charge on any atom is 0.325 e. The average Bonchev–Trinajstić information content (AvgIpc) is 2.34. The minimum atomic E-state index is -0.604. The van der Waals surface area contributed by atoms with Gasteiger partial charge in [-0.15, -0.1) is 0 Å². The topological polar surface area (TPSA) is 81.9 Å². The number of ether oxygens (including phenoxy) is 2. The van der Waals surface area contributed by atoms with Crippen molar-refractivity contribution >= 4 is 11.9 Å². The van der Waals surface area contributed by atoms with E-state index in [2.05, 4.69) is 4.74 Å². The fourth-order valence-electron chi connectivity index (χ4n) is 1.50. The van der Waals surface area contributed by atoms with Crippen LogP contribution in [0.2, 0.25) is 0 Å². The highest BCUT2D eigenvalue weighted by Crippen LogP contribution is 2.05. The Labute approximate surface area is 108 Å². The Balaban J connectivity index is 4.41. The number of amides is 1. The summed E-state index contributed by atoms with van der Waals surface area (Å²) in [6.07, 6.45) is 1.25. The van der Waals surface area contributed by atoms with E-state index >= 15 is 0 Å². The summed E-state index contributed by atoms with van der Waals surface area (Å²) in [4.78, 5) is 24.8. The van der Waals surface area contributed by atoms with Gasteiger partial charge in [0.25, 0.3) is 0 Å². The van der Waals surface area contributed by atoms with Gasteiger partial charge in [0.2, 0.25) is 5.91 Å². The summed E-state index contributed by atoms with van der Waals surface area (Å²) >= 11 is 0. The van der Waals surface area contributed by atoms with E-state index in [0.717, 1.165) is 0 Å². The van der Waals surface area contributed by atoms with Gasteiger partial charge in [0, 0.05) is 19.8 Å². The fraction of sp³-hybridized carbons (Fsp3) is 0.833. The number of carbonyl (C=O) groups is 2. The highest BCUT2D eigenvalue weighted by atomic mass is 16.5. The van der Waals surface area contributed by atoms with E-state index in [1.54, 1.807) is 7.11 Å². The smallest absolute Gasteiger partial charge is 0.325 e. The molecule has 6 nitrogen and oxygen atoms in total. The Bertz CT molecular complexity index is 269. The molecule has 0 saturated heterocycles. The molecule has 0 saturated carbocycles. The van der Waals surface area contributed by atoms with Gasteiger partial charge in [-0.05, 0) is 26.7 Å². The largest absolute Gasteiger partial charge is 0.468 e. The standard InChI is InChI=1S/C12H24N2O4/c1-9(2)14(8-11(15)18-4)12(16)10(13)6-5-7-17-3/h9-10H,5-8,13H2,1-4H3. The lowest BCUT2D eigenvalue weighted by molar-refractivity contribution is -0.148. The van der Waals surface area contributed by atoms with Crippen molar-refractivity contribution in [2.24, 2.45) is 5.73 Å². The van der Waals surface area contributed by atoms with Crippen LogP contribution in [0.3, 0.4) is 0 Å². The Morgan fingerprint density at radius 3 is 2.33 bits per heavy atom. The molecule has 6 heteroatoms. The number of rotatable bonds is 8. The lowest BCUT2D eigenvalue weighted by atomic mass is 10.1. The van der Waals surface area contributed by atoms with Crippen molar-refractivity contribution in [3.05, 3.63) is 0 Å². The quantitative estimate of drug-likeness (QED) is 0.496. The third kappa shape index (κ3) is 5.97. The summed E-state index contributed by atoms with van der Waals surface area (Å²) in [6.45, 7) is 4.18. The van der Waals surface area contributed by atoms with E-state index in [9.17, 15) is 9.59 Å². The van der Waals surface area contributed by atoms with Crippen molar-refractivity contribution in [1.82, 2.24) is 4.90 Å². The fourth-order valence-corrected chi connectivity index (χ4v) is 1.50. The van der Waals surface area contributed by atoms with Gasteiger partial charge < -0.3 is 20.1 Å². The number of nitrogens with zero attached hydrogens (tertiary/aromatic N) is 1. The molecule has 1 atom stereocenters. The molecule has 0 aliphatic heterocycles. The molecule has 0 heterocycles. The molecule has 2 N–H and O–H groups in total. The van der Waals surface area contributed by atoms with Crippen molar-refractivity contribution < 1.29 is 19.1 Å². The molecule has 1 amide bonds. The van der Waals surface area contributed by atoms with Gasteiger partial charge in [-0.25, -0.2) is 0 Å². The maximum atomic E-state index is 12.1. The monoisotopic (exact) mass is 260 g/mol. The number of hydrogen-bond acceptors (Lipinski definition) is 5. The summed E-state index contributed by atoms with van der Waals surface area (Å²) in [5.74, 6) is -0.673. The molecule has 0 aliphatic rings. The zero-order valence-corrected chi connectivity index (χ0v) is 11.6. The molecule has 0 bridgehead atoms. The highest BCUT2D eigenvalue weighted by molar-refractivity contribution is 5.85. The molecule has 0 aromatic heterocycles. The SMILES string of the molecule is COCCCC(N)C(=O)N(CC(=O)OC)C(C)C. The van der Waals surface area contributed by atoms with E-state index < -0.39 is 12.0 Å². The molecule has 0 fully saturated rings. The zero-order valence-electron chi connectivity index (χ0n) is 11.6. The van der Waals surface area contributed by atoms with E-state index in [-0.39, 0.29) is 18.5 Å². The van der Waals surface area contributed by atoms with Gasteiger partial charge in [0.1, 0.15) is 6.54 Å². The van der Waals surface area contributed by atoms with Crippen molar-refractivity contribution in [2.45, 2.75) is 38.8 Å². The first kappa shape index (κ1) is 16.9. The molecule has 0 spiro atoms. The molecular formula is C12H24N2O4. The van der Waals surface area contributed by atoms with Crippen LogP contribution in [0.5, 0.6) is 0 Å². The molecule has 0 aromatic carbocycles. The van der Waals surface area contributed by atoms with Gasteiger partial charge in [-0.1, -0.05) is 0 Å². The van der Waals surface area contributed by atoms with Crippen LogP contribution in [0.25, 0.3) is 0 Å². The number of carbonyl (C=O) groups excluding carboxylic acids is 2. The predicted molar refractivity (Wildman–Crippen MR) is 68.0 cm³/mol. The van der Waals surface area contributed by atoms with Crippen LogP contribution < -0.4 is 5.73 Å². The lowest BCUT2D eigenvalue weighted by Crippen LogP contribution is -2.49. The second-order valence-corrected chi connectivity index (χ2v) is 4.38. The van der Waals surface area contributed by atoms with Gasteiger partial charge >= 0.3 is 5.97 Å². The van der Waals surface area contributed by atoms with Crippen LogP contribution in [0.4, 0.5) is 0 Å². The van der Waals surface area contributed by atoms with E-state index in [1.165, 1.54) is 12.0 Å². The molecular weight excluding hydrogens is 236 g/mol. The van der Waals surface area contributed by atoms with Gasteiger partial charge in [0.05, 0.1) is 13.2 Å². The van der Waals surface area contributed by atoms with Crippen LogP contribution >= 0.6 is 0 Å². The minimum absolute atomic E-state index is 0.0645. The van der Waals surface area contributed by atoms with Crippen LogP contribution in [-0.2, 0) is 19.1 Å². The Hall–Kier alpha value is -1.14. The Morgan fingerprint density at radius 1 is 1.28 bits per heavy atom. The first-order chi connectivity index (χ1) is 8.43. The number of methoxy groups -OCH3 is 2. The van der Waals surface area contributed by atoms with Crippen LogP contribution in [0.1, 0.15) is 26.7 Å². The summed E-state index contributed by atoms with van der Waals surface area (Å²) < 4.78 is 9.47. The van der Waals surface area contributed by atoms with E-state index in [4.69, 9.17) is 10.5 Å². The summed E-state index contributed by atoms with van der Waals surface area (Å²) in [6, 6.07) is -0.697. The van der Waals surface area contributed by atoms with E-state index in [0.29, 0.717) is 19.4 Å². The molecule has 0 aliphatic carbocycles. The average molecular weight is 260 g/mol. The van der Waals surface area contributed by atoms with Crippen molar-refractivity contribution in [3.63, 3.8) is 0 Å². The summed E-state index contributed by atoms with van der Waals surface area (Å²) in [7, 11) is 2.90. The normalized spacial score (nSPS) is 12.3. The Morgan fingerprint density at radius 2 is 1.89 bits per heavy atom. The van der Waals surface area contributed by atoms with Crippen LogP contribution in [0, 0.1) is 0 Å². The van der Waals surface area contributed by atoms with Gasteiger partial charge in [-0.3, -0.25) is 9.59 Å². The molecule has 0 radical (unpaired) electrons. The van der Waals surface area contributed by atoms with Crippen LogP contribution in [0.15, 0.2) is 0 Å². The molecule has 1 unspecified atom stereocenters. The first-order valence-corrected chi connectivity index (χ1v) is 6.05. The third-order valence-electron chi connectivity index (χ3n) is 2.61. The first-order valence-electron chi connectivity index (χ1n) is 6.05. The van der Waals surface area contributed by atoms with Gasteiger partial charge in [-0.2, -0.15) is 0 Å². The number of hydrogen-bond donors (Lipinski definition) is 1. The second-order valence-electron chi connectivity index (χ2n) is 4.38. The molecule has 0 rings (SSSR count). The predicted octanol–water partition coefficient (Wildman–Crippen LogP) is 0.150. The lowest BCUT2D eigenvalue weighted by Gasteiger charge is -2.28. The number of nitrogens with two attached hydrogens (primary N) is 1. The zero-order chi connectivity index (χ0) is 14.1. The van der Waals surface area contributed by atoms with Crippen molar-refractivity contribution in [2.75, 3.05) is 27.4 Å². The van der Waals surface area contributed by atoms with Crippen LogP contribution in [-0.4, -0.2) is 56.2 Å². The summed E-state index contributed by atoms with van der Waals surface area (Å²) in [5.41, 5.74) is 5.81. The maximum absolute atomic E-state index is 12.1. The second kappa shape index (κ2) is 8.88. The Kier molecular flexibility index (Phi) is 8.32. The third-order valence-corrected chi connectivity index (χ3v) is 2.61. The van der Waals surface area contributed by atoms with Crippen molar-refractivity contribution in [3.8, 4) is 0 Å². The molecule has 106 valence electrons.